The van der Waals surface area contributed by atoms with Gasteiger partial charge in [0.1, 0.15) is 12.6 Å². The van der Waals surface area contributed by atoms with Crippen LogP contribution < -0.4 is 5.73 Å². The lowest BCUT2D eigenvalue weighted by atomic mass is 10.3. The molecular formula is C11H20N4O2S. The molecule has 18 heavy (non-hydrogen) atoms. The van der Waals surface area contributed by atoms with Crippen LogP contribution in [0.2, 0.25) is 0 Å². The van der Waals surface area contributed by atoms with Crippen molar-refractivity contribution in [1.29, 1.82) is 0 Å². The zero-order valence-electron chi connectivity index (χ0n) is 10.7. The smallest absolute Gasteiger partial charge is 0.191 e. The Kier molecular flexibility index (Phi) is 5.43. The van der Waals surface area contributed by atoms with Gasteiger partial charge in [0.25, 0.3) is 0 Å². The van der Waals surface area contributed by atoms with E-state index in [-0.39, 0.29) is 6.10 Å². The highest BCUT2D eigenvalue weighted by Gasteiger charge is 2.17. The second kappa shape index (κ2) is 7.08. The van der Waals surface area contributed by atoms with E-state index in [0.717, 1.165) is 42.7 Å². The Hall–Kier alpha value is -0.630. The topological polar surface area (TPSA) is 75.2 Å². The summed E-state index contributed by atoms with van der Waals surface area (Å²) in [5.41, 5.74) is 5.66. The fraction of sp³-hybridized carbons (Fsp3) is 0.818. The van der Waals surface area contributed by atoms with E-state index in [1.165, 1.54) is 0 Å². The maximum absolute atomic E-state index is 5.66. The standard InChI is InChI=1S/C11H20N4O2S/c1-2-4-15-10(6-12)13-14-11(15)18-7-9-3-5-16-8-17-9/h9H,2-8,12H2,1H3. The molecule has 7 heteroatoms. The fourth-order valence-corrected chi connectivity index (χ4v) is 2.87. The Bertz CT molecular complexity index is 366. The van der Waals surface area contributed by atoms with Gasteiger partial charge in [-0.1, -0.05) is 18.7 Å². The monoisotopic (exact) mass is 272 g/mol. The highest BCUT2D eigenvalue weighted by molar-refractivity contribution is 7.99. The molecular weight excluding hydrogens is 252 g/mol. The van der Waals surface area contributed by atoms with Crippen molar-refractivity contribution in [3.63, 3.8) is 0 Å². The number of nitrogens with two attached hydrogens (primary N) is 1. The number of ether oxygens (including phenoxy) is 2. The van der Waals surface area contributed by atoms with Crippen LogP contribution in [0.4, 0.5) is 0 Å². The highest BCUT2D eigenvalue weighted by Crippen LogP contribution is 2.21. The second-order valence-electron chi connectivity index (χ2n) is 4.17. The van der Waals surface area contributed by atoms with E-state index in [4.69, 9.17) is 15.2 Å². The van der Waals surface area contributed by atoms with Crippen molar-refractivity contribution in [2.45, 2.75) is 44.1 Å². The SMILES string of the molecule is CCCn1c(CN)nnc1SCC1CCOCO1. The maximum Gasteiger partial charge on any atom is 0.191 e. The first-order valence-corrected chi connectivity index (χ1v) is 7.28. The van der Waals surface area contributed by atoms with Crippen molar-refractivity contribution in [1.82, 2.24) is 14.8 Å². The van der Waals surface area contributed by atoms with Gasteiger partial charge in [-0.2, -0.15) is 0 Å². The van der Waals surface area contributed by atoms with E-state index in [1.54, 1.807) is 11.8 Å². The van der Waals surface area contributed by atoms with Gasteiger partial charge in [-0.05, 0) is 12.8 Å². The van der Waals surface area contributed by atoms with Crippen LogP contribution in [-0.4, -0.2) is 40.0 Å². The van der Waals surface area contributed by atoms with E-state index >= 15 is 0 Å². The summed E-state index contributed by atoms with van der Waals surface area (Å²) in [6.07, 6.45) is 2.24. The number of hydrogen-bond acceptors (Lipinski definition) is 6. The molecule has 0 bridgehead atoms. The summed E-state index contributed by atoms with van der Waals surface area (Å²) < 4.78 is 12.8. The summed E-state index contributed by atoms with van der Waals surface area (Å²) in [7, 11) is 0. The van der Waals surface area contributed by atoms with Crippen LogP contribution in [0.3, 0.4) is 0 Å². The van der Waals surface area contributed by atoms with Gasteiger partial charge in [0.05, 0.1) is 19.3 Å². The minimum atomic E-state index is 0.247. The van der Waals surface area contributed by atoms with Crippen LogP contribution in [0.5, 0.6) is 0 Å². The van der Waals surface area contributed by atoms with Crippen LogP contribution in [0, 0.1) is 0 Å². The van der Waals surface area contributed by atoms with Crippen LogP contribution in [0.25, 0.3) is 0 Å². The van der Waals surface area contributed by atoms with Gasteiger partial charge in [0, 0.05) is 12.3 Å². The Labute approximate surface area is 111 Å². The van der Waals surface area contributed by atoms with Crippen LogP contribution >= 0.6 is 11.8 Å². The van der Waals surface area contributed by atoms with Gasteiger partial charge in [-0.15, -0.1) is 10.2 Å². The number of thioether (sulfide) groups is 1. The molecule has 0 spiro atoms. The van der Waals surface area contributed by atoms with E-state index < -0.39 is 0 Å². The summed E-state index contributed by atoms with van der Waals surface area (Å²) in [5, 5.41) is 9.26. The van der Waals surface area contributed by atoms with Gasteiger partial charge in [-0.3, -0.25) is 0 Å². The number of nitrogens with zero attached hydrogens (tertiary/aromatic N) is 3. The molecule has 1 aromatic rings. The Balaban J connectivity index is 1.93. The van der Waals surface area contributed by atoms with Gasteiger partial charge in [-0.25, -0.2) is 0 Å². The first-order valence-electron chi connectivity index (χ1n) is 6.29. The van der Waals surface area contributed by atoms with Crippen molar-refractivity contribution >= 4 is 11.8 Å². The van der Waals surface area contributed by atoms with Gasteiger partial charge >= 0.3 is 0 Å². The molecule has 6 nitrogen and oxygen atoms in total. The zero-order valence-corrected chi connectivity index (χ0v) is 11.5. The van der Waals surface area contributed by atoms with Crippen LogP contribution in [0.15, 0.2) is 5.16 Å². The third-order valence-corrected chi connectivity index (χ3v) is 3.89. The molecule has 2 N–H and O–H groups in total. The predicted molar refractivity (Wildman–Crippen MR) is 69.2 cm³/mol. The summed E-state index contributed by atoms with van der Waals surface area (Å²) in [5.74, 6) is 1.74. The molecule has 1 aliphatic heterocycles. The Morgan fingerprint density at radius 2 is 2.39 bits per heavy atom. The minimum absolute atomic E-state index is 0.247. The molecule has 0 saturated carbocycles. The van der Waals surface area contributed by atoms with Crippen molar-refractivity contribution in [2.75, 3.05) is 19.2 Å². The van der Waals surface area contributed by atoms with E-state index in [2.05, 4.69) is 21.7 Å². The molecule has 1 unspecified atom stereocenters. The summed E-state index contributed by atoms with van der Waals surface area (Å²) >= 11 is 1.68. The molecule has 1 fully saturated rings. The molecule has 1 aromatic heterocycles. The average molecular weight is 272 g/mol. The highest BCUT2D eigenvalue weighted by atomic mass is 32.2. The van der Waals surface area contributed by atoms with Gasteiger partial charge in [0.2, 0.25) is 0 Å². The maximum atomic E-state index is 5.66. The average Bonchev–Trinajstić information content (AvgIpc) is 2.80. The normalized spacial score (nSPS) is 20.2. The lowest BCUT2D eigenvalue weighted by Gasteiger charge is -2.22. The lowest BCUT2D eigenvalue weighted by Crippen LogP contribution is -2.25. The molecule has 2 heterocycles. The van der Waals surface area contributed by atoms with E-state index in [9.17, 15) is 0 Å². The van der Waals surface area contributed by atoms with Crippen molar-refractivity contribution in [2.24, 2.45) is 5.73 Å². The molecule has 0 amide bonds. The molecule has 1 aliphatic rings. The molecule has 0 aromatic carbocycles. The quantitative estimate of drug-likeness (QED) is 0.779. The summed E-state index contributed by atoms with van der Waals surface area (Å²) in [6.45, 7) is 4.66. The first-order chi connectivity index (χ1) is 8.85. The zero-order chi connectivity index (χ0) is 12.8. The van der Waals surface area contributed by atoms with E-state index in [1.807, 2.05) is 0 Å². The van der Waals surface area contributed by atoms with Crippen molar-refractivity contribution in [3.05, 3.63) is 5.82 Å². The number of aromatic nitrogens is 3. The molecule has 102 valence electrons. The minimum Gasteiger partial charge on any atom is -0.355 e. The number of rotatable bonds is 6. The van der Waals surface area contributed by atoms with E-state index in [0.29, 0.717) is 13.3 Å². The Morgan fingerprint density at radius 1 is 1.50 bits per heavy atom. The molecule has 0 radical (unpaired) electrons. The van der Waals surface area contributed by atoms with Crippen molar-refractivity contribution < 1.29 is 9.47 Å². The third-order valence-electron chi connectivity index (χ3n) is 2.79. The third kappa shape index (κ3) is 3.44. The van der Waals surface area contributed by atoms with Crippen LogP contribution in [0.1, 0.15) is 25.6 Å². The lowest BCUT2D eigenvalue weighted by molar-refractivity contribution is -0.130. The second-order valence-corrected chi connectivity index (χ2v) is 5.16. The molecule has 1 saturated heterocycles. The van der Waals surface area contributed by atoms with Crippen molar-refractivity contribution in [3.8, 4) is 0 Å². The van der Waals surface area contributed by atoms with Gasteiger partial charge in [0.15, 0.2) is 5.16 Å². The van der Waals surface area contributed by atoms with Gasteiger partial charge < -0.3 is 19.8 Å². The Morgan fingerprint density at radius 3 is 3.06 bits per heavy atom. The molecule has 2 rings (SSSR count). The summed E-state index contributed by atoms with van der Waals surface area (Å²) in [4.78, 5) is 0. The first kappa shape index (κ1) is 13.8. The van der Waals surface area contributed by atoms with Crippen LogP contribution in [-0.2, 0) is 22.6 Å². The molecule has 1 atom stereocenters. The largest absolute Gasteiger partial charge is 0.355 e. The summed E-state index contributed by atoms with van der Waals surface area (Å²) in [6, 6.07) is 0. The number of hydrogen-bond donors (Lipinski definition) is 1. The molecule has 0 aliphatic carbocycles. The fourth-order valence-electron chi connectivity index (χ4n) is 1.83. The predicted octanol–water partition coefficient (Wildman–Crippen LogP) is 1.00.